The third kappa shape index (κ3) is 4.14. The van der Waals surface area contributed by atoms with Gasteiger partial charge in [-0.2, -0.15) is 0 Å². The van der Waals surface area contributed by atoms with Crippen molar-refractivity contribution in [1.82, 2.24) is 19.7 Å². The molecule has 170 valence electrons. The lowest BCUT2D eigenvalue weighted by Crippen LogP contribution is -2.48. The van der Waals surface area contributed by atoms with E-state index in [9.17, 15) is 9.59 Å². The molecule has 1 saturated carbocycles. The van der Waals surface area contributed by atoms with Crippen molar-refractivity contribution in [3.8, 4) is 5.69 Å². The molecule has 0 spiro atoms. The average molecular weight is 435 g/mol. The molecule has 0 unspecified atom stereocenters. The lowest BCUT2D eigenvalue weighted by molar-refractivity contribution is 0.0924. The second kappa shape index (κ2) is 8.49. The van der Waals surface area contributed by atoms with Crippen molar-refractivity contribution >= 4 is 5.91 Å². The minimum atomic E-state index is -0.237. The van der Waals surface area contributed by atoms with Crippen molar-refractivity contribution in [3.05, 3.63) is 63.1 Å². The van der Waals surface area contributed by atoms with Crippen molar-refractivity contribution in [1.29, 1.82) is 0 Å². The maximum Gasteiger partial charge on any atom is 0.268 e. The first-order valence-electron chi connectivity index (χ1n) is 12.0. The van der Waals surface area contributed by atoms with Gasteiger partial charge in [-0.3, -0.25) is 14.2 Å². The van der Waals surface area contributed by atoms with E-state index in [1.54, 1.807) is 4.57 Å². The summed E-state index contributed by atoms with van der Waals surface area (Å²) in [6, 6.07) is 8.05. The number of hydrogen-bond donors (Lipinski definition) is 1. The molecule has 5 rings (SSSR count). The highest BCUT2D eigenvalue weighted by Crippen LogP contribution is 2.45. The molecule has 1 aromatic heterocycles. The number of pyridine rings is 1. The highest BCUT2D eigenvalue weighted by Gasteiger charge is 2.44. The molecule has 1 amide bonds. The van der Waals surface area contributed by atoms with Gasteiger partial charge in [-0.1, -0.05) is 12.1 Å². The molecule has 3 aliphatic rings. The Bertz CT molecular complexity index is 1080. The van der Waals surface area contributed by atoms with Gasteiger partial charge in [-0.05, 0) is 74.9 Å². The van der Waals surface area contributed by atoms with Crippen molar-refractivity contribution in [3.63, 3.8) is 0 Å². The van der Waals surface area contributed by atoms with Gasteiger partial charge >= 0.3 is 0 Å². The Balaban J connectivity index is 1.32. The lowest BCUT2D eigenvalue weighted by Gasteiger charge is -2.34. The number of likely N-dealkylation sites (N-methyl/N-ethyl adjacent to an activating group) is 1. The van der Waals surface area contributed by atoms with E-state index in [2.05, 4.69) is 28.2 Å². The molecule has 1 aliphatic heterocycles. The van der Waals surface area contributed by atoms with Crippen molar-refractivity contribution in [2.45, 2.75) is 39.0 Å². The van der Waals surface area contributed by atoms with Crippen LogP contribution in [0.2, 0.25) is 0 Å². The number of amides is 1. The minimum Gasteiger partial charge on any atom is -0.351 e. The first kappa shape index (κ1) is 21.4. The standard InChI is InChI=1S/C26H34N4O2/c1-19-9-12-30(22-8-4-6-20-5-3-7-21(20)22)25(32)23(19)24(31)27-17-26(10-11-26)18-29-15-13-28(2)14-16-29/h4,6,8-9,12H,3,5,7,10-11,13-18H2,1-2H3,(H,27,31). The summed E-state index contributed by atoms with van der Waals surface area (Å²) in [4.78, 5) is 31.5. The Morgan fingerprint density at radius 3 is 2.62 bits per heavy atom. The fourth-order valence-corrected chi connectivity index (χ4v) is 5.32. The number of aromatic nitrogens is 1. The van der Waals surface area contributed by atoms with Gasteiger partial charge in [0.2, 0.25) is 0 Å². The summed E-state index contributed by atoms with van der Waals surface area (Å²) in [5.41, 5.74) is 4.46. The highest BCUT2D eigenvalue weighted by molar-refractivity contribution is 5.95. The molecule has 1 N–H and O–H groups in total. The van der Waals surface area contributed by atoms with Gasteiger partial charge in [-0.25, -0.2) is 0 Å². The molecule has 2 fully saturated rings. The van der Waals surface area contributed by atoms with E-state index >= 15 is 0 Å². The van der Waals surface area contributed by atoms with E-state index in [0.29, 0.717) is 6.54 Å². The number of carbonyl (C=O) groups excluding carboxylic acids is 1. The number of piperazine rings is 1. The van der Waals surface area contributed by atoms with Crippen LogP contribution in [0.4, 0.5) is 0 Å². The van der Waals surface area contributed by atoms with Crippen molar-refractivity contribution in [2.75, 3.05) is 46.3 Å². The van der Waals surface area contributed by atoms with Crippen LogP contribution >= 0.6 is 0 Å². The fraction of sp³-hybridized carbons (Fsp3) is 0.538. The summed E-state index contributed by atoms with van der Waals surface area (Å²) < 4.78 is 1.67. The summed E-state index contributed by atoms with van der Waals surface area (Å²) in [6.07, 6.45) is 7.28. The molecule has 2 aliphatic carbocycles. The summed E-state index contributed by atoms with van der Waals surface area (Å²) >= 11 is 0. The maximum absolute atomic E-state index is 13.4. The van der Waals surface area contributed by atoms with Crippen LogP contribution in [0.15, 0.2) is 35.3 Å². The molecule has 1 saturated heterocycles. The number of hydrogen-bond acceptors (Lipinski definition) is 4. The third-order valence-corrected chi connectivity index (χ3v) is 7.64. The smallest absolute Gasteiger partial charge is 0.268 e. The van der Waals surface area contributed by atoms with Gasteiger partial charge in [0.1, 0.15) is 5.56 Å². The Kier molecular flexibility index (Phi) is 5.68. The molecular formula is C26H34N4O2. The number of nitrogens with one attached hydrogen (secondary N) is 1. The molecule has 1 aromatic carbocycles. The largest absolute Gasteiger partial charge is 0.351 e. The van der Waals surface area contributed by atoms with Gasteiger partial charge in [0, 0.05) is 50.9 Å². The SMILES string of the molecule is Cc1ccn(-c2cccc3c2CCC3)c(=O)c1C(=O)NCC1(CN2CCN(C)CC2)CC1. The summed E-state index contributed by atoms with van der Waals surface area (Å²) in [5, 5.41) is 3.12. The van der Waals surface area contributed by atoms with Crippen LogP contribution in [0.3, 0.4) is 0 Å². The van der Waals surface area contributed by atoms with Gasteiger partial charge in [-0.15, -0.1) is 0 Å². The van der Waals surface area contributed by atoms with E-state index in [1.165, 1.54) is 11.1 Å². The van der Waals surface area contributed by atoms with E-state index in [4.69, 9.17) is 0 Å². The van der Waals surface area contributed by atoms with Gasteiger partial charge < -0.3 is 15.1 Å². The Labute approximate surface area is 190 Å². The minimum absolute atomic E-state index is 0.174. The molecular weight excluding hydrogens is 400 g/mol. The molecule has 2 aromatic rings. The predicted molar refractivity (Wildman–Crippen MR) is 127 cm³/mol. The van der Waals surface area contributed by atoms with E-state index in [1.807, 2.05) is 31.3 Å². The quantitative estimate of drug-likeness (QED) is 0.759. The first-order chi connectivity index (χ1) is 15.5. The van der Waals surface area contributed by atoms with Crippen LogP contribution in [0, 0.1) is 12.3 Å². The zero-order valence-corrected chi connectivity index (χ0v) is 19.3. The fourth-order valence-electron chi connectivity index (χ4n) is 5.32. The summed E-state index contributed by atoms with van der Waals surface area (Å²) in [5.74, 6) is -0.237. The van der Waals surface area contributed by atoms with Crippen molar-refractivity contribution < 1.29 is 4.79 Å². The van der Waals surface area contributed by atoms with Crippen LogP contribution in [0.5, 0.6) is 0 Å². The molecule has 0 bridgehead atoms. The Morgan fingerprint density at radius 1 is 1.09 bits per heavy atom. The van der Waals surface area contributed by atoms with E-state index in [0.717, 1.165) is 76.1 Å². The van der Waals surface area contributed by atoms with Crippen molar-refractivity contribution in [2.24, 2.45) is 5.41 Å². The maximum atomic E-state index is 13.4. The average Bonchev–Trinajstić information content (AvgIpc) is 3.37. The Morgan fingerprint density at radius 2 is 1.88 bits per heavy atom. The number of aryl methyl sites for hydroxylation is 2. The first-order valence-corrected chi connectivity index (χ1v) is 12.0. The third-order valence-electron chi connectivity index (χ3n) is 7.64. The van der Waals surface area contributed by atoms with Gasteiger partial charge in [0.15, 0.2) is 0 Å². The molecule has 6 heteroatoms. The molecule has 0 atom stereocenters. The van der Waals surface area contributed by atoms with E-state index in [-0.39, 0.29) is 22.4 Å². The highest BCUT2D eigenvalue weighted by atomic mass is 16.2. The van der Waals surface area contributed by atoms with Crippen LogP contribution in [0.25, 0.3) is 5.69 Å². The van der Waals surface area contributed by atoms with Gasteiger partial charge in [0.25, 0.3) is 11.5 Å². The summed E-state index contributed by atoms with van der Waals surface area (Å²) in [6.45, 7) is 7.93. The number of benzene rings is 1. The molecule has 0 radical (unpaired) electrons. The number of fused-ring (bicyclic) bond motifs is 1. The number of nitrogens with zero attached hydrogens (tertiary/aromatic N) is 3. The van der Waals surface area contributed by atoms with Crippen LogP contribution in [-0.4, -0.2) is 66.6 Å². The molecule has 32 heavy (non-hydrogen) atoms. The van der Waals surface area contributed by atoms with Crippen LogP contribution < -0.4 is 10.9 Å². The predicted octanol–water partition coefficient (Wildman–Crippen LogP) is 2.39. The zero-order chi connectivity index (χ0) is 22.3. The summed E-state index contributed by atoms with van der Waals surface area (Å²) in [7, 11) is 2.17. The van der Waals surface area contributed by atoms with Crippen LogP contribution in [-0.2, 0) is 12.8 Å². The second-order valence-corrected chi connectivity index (χ2v) is 10.1. The normalized spacial score (nSPS) is 20.2. The lowest BCUT2D eigenvalue weighted by atomic mass is 10.0. The second-order valence-electron chi connectivity index (χ2n) is 10.1. The number of carbonyl (C=O) groups is 1. The monoisotopic (exact) mass is 434 g/mol. The molecule has 2 heterocycles. The zero-order valence-electron chi connectivity index (χ0n) is 19.3. The Hall–Kier alpha value is -2.44. The topological polar surface area (TPSA) is 57.6 Å². The van der Waals surface area contributed by atoms with Crippen LogP contribution in [0.1, 0.15) is 46.3 Å². The van der Waals surface area contributed by atoms with Gasteiger partial charge in [0.05, 0.1) is 5.69 Å². The number of rotatable bonds is 6. The molecule has 6 nitrogen and oxygen atoms in total. The van der Waals surface area contributed by atoms with E-state index < -0.39 is 0 Å².